The van der Waals surface area contributed by atoms with E-state index in [0.717, 1.165) is 18.2 Å². The van der Waals surface area contributed by atoms with Gasteiger partial charge in [0.15, 0.2) is 11.6 Å². The van der Waals surface area contributed by atoms with Gasteiger partial charge in [0, 0.05) is 10.9 Å². The molecule has 0 unspecified atom stereocenters. The standard InChI is InChI=1S/C21H12F5N3OS/c22-12-7-4-8-13(16(12)23)28-19(30)18-17(27)15-11(21(24,25)26)9-14(29-20(15)31-18)10-5-2-1-3-6-10/h1-9H,27H2,(H,28,30). The molecule has 4 aromatic rings. The number of carbonyl (C=O) groups is 1. The highest BCUT2D eigenvalue weighted by Crippen LogP contribution is 2.43. The number of nitrogen functional groups attached to an aromatic ring is 1. The predicted molar refractivity (Wildman–Crippen MR) is 109 cm³/mol. The molecule has 4 nitrogen and oxygen atoms in total. The maximum absolute atomic E-state index is 13.9. The number of nitrogens with two attached hydrogens (primary N) is 1. The number of nitrogens with one attached hydrogen (secondary N) is 1. The fourth-order valence-electron chi connectivity index (χ4n) is 3.05. The summed E-state index contributed by atoms with van der Waals surface area (Å²) in [4.78, 5) is 16.5. The highest BCUT2D eigenvalue weighted by atomic mass is 32.1. The van der Waals surface area contributed by atoms with Crippen molar-refractivity contribution in [2.75, 3.05) is 11.1 Å². The van der Waals surface area contributed by atoms with Crippen molar-refractivity contribution in [3.8, 4) is 11.3 Å². The predicted octanol–water partition coefficient (Wildman–Crippen LogP) is 6.09. The van der Waals surface area contributed by atoms with Crippen LogP contribution in [-0.4, -0.2) is 10.9 Å². The van der Waals surface area contributed by atoms with Crippen molar-refractivity contribution < 1.29 is 26.7 Å². The quantitative estimate of drug-likeness (QED) is 0.372. The normalized spacial score (nSPS) is 11.6. The van der Waals surface area contributed by atoms with Crippen molar-refractivity contribution in [3.63, 3.8) is 0 Å². The number of hydrogen-bond donors (Lipinski definition) is 2. The lowest BCUT2D eigenvalue weighted by Crippen LogP contribution is -2.14. The molecular formula is C21H12F5N3OS. The topological polar surface area (TPSA) is 68.0 Å². The van der Waals surface area contributed by atoms with Crippen LogP contribution in [0.15, 0.2) is 54.6 Å². The van der Waals surface area contributed by atoms with Crippen molar-refractivity contribution in [1.29, 1.82) is 0 Å². The number of hydrogen-bond acceptors (Lipinski definition) is 4. The first-order valence-electron chi connectivity index (χ1n) is 8.78. The van der Waals surface area contributed by atoms with Crippen molar-refractivity contribution in [2.45, 2.75) is 6.18 Å². The van der Waals surface area contributed by atoms with Gasteiger partial charge in [-0.05, 0) is 18.2 Å². The van der Waals surface area contributed by atoms with E-state index in [-0.39, 0.29) is 15.4 Å². The molecule has 10 heteroatoms. The second kappa shape index (κ2) is 7.62. The average molecular weight is 449 g/mol. The Morgan fingerprint density at radius 2 is 1.74 bits per heavy atom. The van der Waals surface area contributed by atoms with Gasteiger partial charge in [0.1, 0.15) is 9.71 Å². The first kappa shape index (κ1) is 20.7. The molecule has 2 aromatic heterocycles. The summed E-state index contributed by atoms with van der Waals surface area (Å²) in [6.07, 6.45) is -4.76. The molecule has 0 atom stereocenters. The van der Waals surface area contributed by atoms with Gasteiger partial charge >= 0.3 is 6.18 Å². The van der Waals surface area contributed by atoms with E-state index in [0.29, 0.717) is 16.9 Å². The zero-order chi connectivity index (χ0) is 22.3. The third-order valence-electron chi connectivity index (χ3n) is 4.48. The number of anilines is 2. The second-order valence-corrected chi connectivity index (χ2v) is 7.50. The van der Waals surface area contributed by atoms with E-state index in [1.54, 1.807) is 30.3 Å². The summed E-state index contributed by atoms with van der Waals surface area (Å²) in [7, 11) is 0. The van der Waals surface area contributed by atoms with E-state index in [2.05, 4.69) is 10.3 Å². The molecule has 0 fully saturated rings. The summed E-state index contributed by atoms with van der Waals surface area (Å²) in [5, 5.41) is 1.73. The van der Waals surface area contributed by atoms with Gasteiger partial charge in [0.25, 0.3) is 5.91 Å². The summed E-state index contributed by atoms with van der Waals surface area (Å²) in [5.74, 6) is -3.45. The van der Waals surface area contributed by atoms with Gasteiger partial charge in [-0.3, -0.25) is 4.79 Å². The van der Waals surface area contributed by atoms with Crippen molar-refractivity contribution >= 4 is 38.8 Å². The van der Waals surface area contributed by atoms with Crippen molar-refractivity contribution in [2.24, 2.45) is 0 Å². The number of pyridine rings is 1. The Balaban J connectivity index is 1.85. The number of thiophene rings is 1. The van der Waals surface area contributed by atoms with Gasteiger partial charge in [-0.15, -0.1) is 11.3 Å². The molecule has 3 N–H and O–H groups in total. The summed E-state index contributed by atoms with van der Waals surface area (Å²) >= 11 is 0.636. The van der Waals surface area contributed by atoms with Crippen LogP contribution >= 0.6 is 11.3 Å². The minimum absolute atomic E-state index is 0.0600. The fourth-order valence-corrected chi connectivity index (χ4v) is 4.06. The van der Waals surface area contributed by atoms with Crippen LogP contribution in [0.3, 0.4) is 0 Å². The van der Waals surface area contributed by atoms with Crippen LogP contribution in [-0.2, 0) is 6.18 Å². The third-order valence-corrected chi connectivity index (χ3v) is 5.58. The van der Waals surface area contributed by atoms with Gasteiger partial charge in [-0.2, -0.15) is 13.2 Å². The lowest BCUT2D eigenvalue weighted by molar-refractivity contribution is -0.136. The largest absolute Gasteiger partial charge is 0.417 e. The van der Waals surface area contributed by atoms with E-state index >= 15 is 0 Å². The Bertz CT molecular complexity index is 1300. The highest BCUT2D eigenvalue weighted by molar-refractivity contribution is 7.21. The number of aromatic nitrogens is 1. The highest BCUT2D eigenvalue weighted by Gasteiger charge is 2.36. The summed E-state index contributed by atoms with van der Waals surface area (Å²) in [6, 6.07) is 12.3. The van der Waals surface area contributed by atoms with E-state index < -0.39 is 46.0 Å². The minimum Gasteiger partial charge on any atom is -0.397 e. The SMILES string of the molecule is Nc1c(C(=O)Nc2cccc(F)c2F)sc2nc(-c3ccccc3)cc(C(F)(F)F)c12. The summed E-state index contributed by atoms with van der Waals surface area (Å²) < 4.78 is 68.6. The molecule has 0 saturated heterocycles. The Kier molecular flexibility index (Phi) is 5.10. The van der Waals surface area contributed by atoms with Crippen LogP contribution in [0.1, 0.15) is 15.2 Å². The number of amides is 1. The second-order valence-electron chi connectivity index (χ2n) is 6.50. The molecule has 2 heterocycles. The van der Waals surface area contributed by atoms with E-state index in [9.17, 15) is 26.7 Å². The van der Waals surface area contributed by atoms with Crippen LogP contribution in [0.2, 0.25) is 0 Å². The van der Waals surface area contributed by atoms with Crippen LogP contribution in [0, 0.1) is 11.6 Å². The third kappa shape index (κ3) is 3.81. The molecule has 2 aromatic carbocycles. The van der Waals surface area contributed by atoms with Gasteiger partial charge in [0.2, 0.25) is 0 Å². The molecule has 0 spiro atoms. The fraction of sp³-hybridized carbons (Fsp3) is 0.0476. The molecule has 0 aliphatic heterocycles. The molecule has 4 rings (SSSR count). The molecule has 158 valence electrons. The first-order valence-corrected chi connectivity index (χ1v) is 9.59. The molecule has 1 amide bonds. The number of fused-ring (bicyclic) bond motifs is 1. The minimum atomic E-state index is -4.76. The van der Waals surface area contributed by atoms with Gasteiger partial charge in [0.05, 0.1) is 22.6 Å². The zero-order valence-corrected chi connectivity index (χ0v) is 16.2. The van der Waals surface area contributed by atoms with E-state index in [1.165, 1.54) is 6.07 Å². The van der Waals surface area contributed by atoms with Crippen LogP contribution in [0.4, 0.5) is 33.3 Å². The van der Waals surface area contributed by atoms with E-state index in [4.69, 9.17) is 5.73 Å². The Morgan fingerprint density at radius 3 is 2.42 bits per heavy atom. The Morgan fingerprint density at radius 1 is 1.03 bits per heavy atom. The number of halogens is 5. The van der Waals surface area contributed by atoms with Crippen LogP contribution in [0.5, 0.6) is 0 Å². The molecule has 31 heavy (non-hydrogen) atoms. The Hall–Kier alpha value is -3.53. The van der Waals surface area contributed by atoms with E-state index in [1.807, 2.05) is 0 Å². The zero-order valence-electron chi connectivity index (χ0n) is 15.4. The number of carbonyl (C=O) groups excluding carboxylic acids is 1. The van der Waals surface area contributed by atoms with Gasteiger partial charge in [-0.25, -0.2) is 13.8 Å². The molecule has 0 radical (unpaired) electrons. The first-order chi connectivity index (χ1) is 14.7. The smallest absolute Gasteiger partial charge is 0.397 e. The number of rotatable bonds is 3. The lowest BCUT2D eigenvalue weighted by Gasteiger charge is -2.11. The summed E-state index contributed by atoms with van der Waals surface area (Å²) in [6.45, 7) is 0. The summed E-state index contributed by atoms with van der Waals surface area (Å²) in [5.41, 5.74) is 4.46. The van der Waals surface area contributed by atoms with Gasteiger partial charge < -0.3 is 11.1 Å². The van der Waals surface area contributed by atoms with Crippen LogP contribution < -0.4 is 11.1 Å². The molecule has 0 aliphatic rings. The molecule has 0 bridgehead atoms. The maximum atomic E-state index is 13.9. The maximum Gasteiger partial charge on any atom is 0.417 e. The van der Waals surface area contributed by atoms with Crippen LogP contribution in [0.25, 0.3) is 21.5 Å². The Labute approximate surface area is 176 Å². The van der Waals surface area contributed by atoms with Gasteiger partial charge in [-0.1, -0.05) is 36.4 Å². The molecular weight excluding hydrogens is 437 g/mol. The number of benzene rings is 2. The van der Waals surface area contributed by atoms with Crippen molar-refractivity contribution in [3.05, 3.63) is 76.7 Å². The van der Waals surface area contributed by atoms with Crippen molar-refractivity contribution in [1.82, 2.24) is 4.98 Å². The molecule has 0 saturated carbocycles. The monoisotopic (exact) mass is 449 g/mol. The number of alkyl halides is 3. The lowest BCUT2D eigenvalue weighted by atomic mass is 10.1. The molecule has 0 aliphatic carbocycles. The number of nitrogens with zero attached hydrogens (tertiary/aromatic N) is 1. The average Bonchev–Trinajstić information content (AvgIpc) is 3.07.